The molecular formula is C32H31F2N5O4. The molecule has 0 saturated carbocycles. The lowest BCUT2D eigenvalue weighted by Gasteiger charge is -2.34. The van der Waals surface area contributed by atoms with Crippen molar-refractivity contribution in [2.75, 3.05) is 31.5 Å². The zero-order valence-electron chi connectivity index (χ0n) is 23.4. The molecule has 3 aliphatic heterocycles. The molecule has 1 unspecified atom stereocenters. The van der Waals surface area contributed by atoms with Gasteiger partial charge in [0.1, 0.15) is 17.7 Å². The third kappa shape index (κ3) is 5.85. The van der Waals surface area contributed by atoms with E-state index in [1.54, 1.807) is 29.2 Å². The summed E-state index contributed by atoms with van der Waals surface area (Å²) in [6.45, 7) is 3.04. The van der Waals surface area contributed by atoms with E-state index in [0.29, 0.717) is 49.5 Å². The molecule has 3 aliphatic rings. The van der Waals surface area contributed by atoms with Crippen molar-refractivity contribution in [2.24, 2.45) is 0 Å². The van der Waals surface area contributed by atoms with Gasteiger partial charge in [0.25, 0.3) is 11.8 Å². The fraction of sp³-hybridized carbons (Fsp3) is 0.312. The van der Waals surface area contributed by atoms with Crippen LogP contribution in [0, 0.1) is 11.6 Å². The van der Waals surface area contributed by atoms with Gasteiger partial charge in [0.05, 0.1) is 11.1 Å². The average Bonchev–Trinajstić information content (AvgIpc) is 3.33. The molecule has 0 aliphatic carbocycles. The summed E-state index contributed by atoms with van der Waals surface area (Å²) in [5.41, 5.74) is 3.09. The molecule has 3 aromatic carbocycles. The summed E-state index contributed by atoms with van der Waals surface area (Å²) >= 11 is 0. The van der Waals surface area contributed by atoms with E-state index in [4.69, 9.17) is 0 Å². The average molecular weight is 588 g/mol. The van der Waals surface area contributed by atoms with E-state index in [0.717, 1.165) is 11.1 Å². The van der Waals surface area contributed by atoms with Crippen LogP contribution in [-0.2, 0) is 29.2 Å². The molecule has 11 heteroatoms. The van der Waals surface area contributed by atoms with Crippen molar-refractivity contribution >= 4 is 29.3 Å². The van der Waals surface area contributed by atoms with Crippen LogP contribution in [0.1, 0.15) is 50.2 Å². The molecule has 2 fully saturated rings. The van der Waals surface area contributed by atoms with Crippen molar-refractivity contribution in [2.45, 2.75) is 38.5 Å². The highest BCUT2D eigenvalue weighted by atomic mass is 19.1. The van der Waals surface area contributed by atoms with Crippen molar-refractivity contribution < 1.29 is 28.0 Å². The van der Waals surface area contributed by atoms with Crippen LogP contribution in [0.15, 0.2) is 60.7 Å². The number of nitrogens with zero attached hydrogens (tertiary/aromatic N) is 3. The van der Waals surface area contributed by atoms with Crippen LogP contribution >= 0.6 is 0 Å². The summed E-state index contributed by atoms with van der Waals surface area (Å²) in [4.78, 5) is 55.2. The minimum Gasteiger partial charge on any atom is -0.380 e. The van der Waals surface area contributed by atoms with Gasteiger partial charge in [-0.3, -0.25) is 29.4 Å². The summed E-state index contributed by atoms with van der Waals surface area (Å²) in [6, 6.07) is 15.7. The van der Waals surface area contributed by atoms with Crippen LogP contribution < -0.4 is 10.6 Å². The Morgan fingerprint density at radius 2 is 1.72 bits per heavy atom. The highest BCUT2D eigenvalue weighted by molar-refractivity contribution is 6.07. The quantitative estimate of drug-likeness (QED) is 0.412. The van der Waals surface area contributed by atoms with Gasteiger partial charge < -0.3 is 15.1 Å². The second kappa shape index (κ2) is 11.9. The number of piperidine rings is 1. The van der Waals surface area contributed by atoms with E-state index >= 15 is 4.39 Å². The zero-order chi connectivity index (χ0) is 30.1. The van der Waals surface area contributed by atoms with Crippen LogP contribution in [0.4, 0.5) is 14.5 Å². The number of amides is 4. The summed E-state index contributed by atoms with van der Waals surface area (Å²) in [7, 11) is 0. The number of carbonyl (C=O) groups is 4. The van der Waals surface area contributed by atoms with E-state index in [9.17, 15) is 23.6 Å². The number of piperazine rings is 1. The van der Waals surface area contributed by atoms with Gasteiger partial charge in [0.2, 0.25) is 11.8 Å². The first-order valence-electron chi connectivity index (χ1n) is 14.3. The Labute approximate surface area is 247 Å². The normalized spacial score (nSPS) is 18.9. The van der Waals surface area contributed by atoms with Crippen molar-refractivity contribution in [3.05, 3.63) is 100 Å². The van der Waals surface area contributed by atoms with Gasteiger partial charge in [0, 0.05) is 63.5 Å². The van der Waals surface area contributed by atoms with Crippen molar-refractivity contribution in [1.82, 2.24) is 20.0 Å². The monoisotopic (exact) mass is 587 g/mol. The summed E-state index contributed by atoms with van der Waals surface area (Å²) in [6.07, 6.45) is 0.467. The molecule has 3 heterocycles. The Balaban J connectivity index is 1.05. The first kappa shape index (κ1) is 28.5. The topological polar surface area (TPSA) is 102 Å². The van der Waals surface area contributed by atoms with E-state index in [1.165, 1.54) is 23.1 Å². The molecule has 0 spiro atoms. The number of nitrogens with one attached hydrogen (secondary N) is 2. The van der Waals surface area contributed by atoms with E-state index in [2.05, 4.69) is 15.5 Å². The maximum atomic E-state index is 15.1. The molecule has 43 heavy (non-hydrogen) atoms. The molecule has 0 bridgehead atoms. The van der Waals surface area contributed by atoms with E-state index < -0.39 is 17.8 Å². The van der Waals surface area contributed by atoms with Gasteiger partial charge in [-0.05, 0) is 41.8 Å². The molecule has 222 valence electrons. The largest absolute Gasteiger partial charge is 0.380 e. The molecule has 2 N–H and O–H groups in total. The summed E-state index contributed by atoms with van der Waals surface area (Å²) < 4.78 is 29.2. The number of benzene rings is 3. The fourth-order valence-electron chi connectivity index (χ4n) is 5.96. The molecule has 6 rings (SSSR count). The summed E-state index contributed by atoms with van der Waals surface area (Å²) in [5.74, 6) is -2.32. The van der Waals surface area contributed by atoms with Crippen LogP contribution in [0.3, 0.4) is 0 Å². The number of anilines is 1. The van der Waals surface area contributed by atoms with Crippen molar-refractivity contribution in [3.63, 3.8) is 0 Å². The predicted octanol–water partition coefficient (Wildman–Crippen LogP) is 3.30. The fourth-order valence-corrected chi connectivity index (χ4v) is 5.96. The number of rotatable bonds is 7. The van der Waals surface area contributed by atoms with Gasteiger partial charge in [-0.15, -0.1) is 0 Å². The van der Waals surface area contributed by atoms with Crippen LogP contribution in [0.2, 0.25) is 0 Å². The molecule has 4 amide bonds. The van der Waals surface area contributed by atoms with Gasteiger partial charge in [-0.2, -0.15) is 0 Å². The smallest absolute Gasteiger partial charge is 0.257 e. The Hall–Kier alpha value is -4.64. The third-order valence-electron chi connectivity index (χ3n) is 8.31. The number of imide groups is 1. The van der Waals surface area contributed by atoms with Crippen molar-refractivity contribution in [1.29, 1.82) is 0 Å². The van der Waals surface area contributed by atoms with Gasteiger partial charge in [0.15, 0.2) is 0 Å². The lowest BCUT2D eigenvalue weighted by Crippen LogP contribution is -2.52. The number of hydrogen-bond donors (Lipinski definition) is 2. The lowest BCUT2D eigenvalue weighted by molar-refractivity contribution is -0.136. The van der Waals surface area contributed by atoms with E-state index in [-0.39, 0.29) is 55.0 Å². The minimum atomic E-state index is -0.703. The second-order valence-corrected chi connectivity index (χ2v) is 11.1. The first-order chi connectivity index (χ1) is 20.8. The first-order valence-corrected chi connectivity index (χ1v) is 14.3. The van der Waals surface area contributed by atoms with Gasteiger partial charge in [-0.25, -0.2) is 8.78 Å². The number of hydrogen-bond acceptors (Lipinski definition) is 6. The molecule has 9 nitrogen and oxygen atoms in total. The van der Waals surface area contributed by atoms with Gasteiger partial charge >= 0.3 is 0 Å². The standard InChI is InChI=1S/C32H31F2N5O4/c33-24-6-2-1-5-23(24)31(42)38-14-12-37(13-15-38)18-20-8-9-21(25(34)16-20)17-35-26-7-3-4-22-19-39(32(43)29(22)26)27-10-11-28(40)36-30(27)41/h1-9,16,27,35H,10-15,17-19H2,(H,36,40,41). The number of fused-ring (bicyclic) bond motifs is 1. The SMILES string of the molecule is O=C1CCC(N2Cc3cccc(NCc4ccc(CN5CCN(C(=O)c6ccccc6F)CC5)cc4F)c3C2=O)C(=O)N1. The molecule has 2 saturated heterocycles. The second-order valence-electron chi connectivity index (χ2n) is 11.1. The molecule has 3 aromatic rings. The number of carbonyl (C=O) groups excluding carboxylic acids is 4. The summed E-state index contributed by atoms with van der Waals surface area (Å²) in [5, 5.41) is 5.50. The van der Waals surface area contributed by atoms with Crippen LogP contribution in [0.25, 0.3) is 0 Å². The van der Waals surface area contributed by atoms with Crippen LogP contribution in [0.5, 0.6) is 0 Å². The Morgan fingerprint density at radius 1 is 0.930 bits per heavy atom. The Kier molecular flexibility index (Phi) is 7.90. The van der Waals surface area contributed by atoms with Gasteiger partial charge in [-0.1, -0.05) is 36.4 Å². The van der Waals surface area contributed by atoms with Crippen molar-refractivity contribution in [3.8, 4) is 0 Å². The predicted molar refractivity (Wildman–Crippen MR) is 154 cm³/mol. The molecular weight excluding hydrogens is 556 g/mol. The number of halogens is 2. The lowest BCUT2D eigenvalue weighted by atomic mass is 10.0. The maximum absolute atomic E-state index is 15.1. The highest BCUT2D eigenvalue weighted by Gasteiger charge is 2.40. The third-order valence-corrected chi connectivity index (χ3v) is 8.31. The zero-order valence-corrected chi connectivity index (χ0v) is 23.4. The molecule has 0 radical (unpaired) electrons. The maximum Gasteiger partial charge on any atom is 0.257 e. The molecule has 0 aromatic heterocycles. The van der Waals surface area contributed by atoms with Crippen LogP contribution in [-0.4, -0.2) is 70.5 Å². The van der Waals surface area contributed by atoms with E-state index in [1.807, 2.05) is 18.2 Å². The Morgan fingerprint density at radius 3 is 2.47 bits per heavy atom. The minimum absolute atomic E-state index is 0.0682. The highest BCUT2D eigenvalue weighted by Crippen LogP contribution is 2.32. The molecule has 1 atom stereocenters. The Bertz CT molecular complexity index is 1600.